The van der Waals surface area contributed by atoms with Crippen LogP contribution in [0.5, 0.6) is 0 Å². The Labute approximate surface area is 122 Å². The largest absolute Gasteiger partial charge is 0.240 e. The third-order valence-corrected chi connectivity index (χ3v) is 6.09. The smallest absolute Gasteiger partial charge is 0.207 e. The first-order valence-electron chi connectivity index (χ1n) is 6.22. The molecule has 0 bridgehead atoms. The third-order valence-electron chi connectivity index (χ3n) is 3.43. The lowest BCUT2D eigenvalue weighted by atomic mass is 10.2. The van der Waals surface area contributed by atoms with E-state index in [0.29, 0.717) is 0 Å². The predicted octanol–water partition coefficient (Wildman–Crippen LogP) is 2.26. The Bertz CT molecular complexity index is 640. The van der Waals surface area contributed by atoms with Gasteiger partial charge in [-0.15, -0.1) is 0 Å². The molecule has 4 nitrogen and oxygen atoms in total. The van der Waals surface area contributed by atoms with E-state index in [1.54, 1.807) is 17.8 Å². The Morgan fingerprint density at radius 3 is 2.85 bits per heavy atom. The van der Waals surface area contributed by atoms with Crippen LogP contribution in [-0.2, 0) is 10.0 Å². The quantitative estimate of drug-likeness (QED) is 0.925. The van der Waals surface area contributed by atoms with Crippen LogP contribution in [-0.4, -0.2) is 26.0 Å². The maximum Gasteiger partial charge on any atom is 0.240 e. The topological polar surface area (TPSA) is 70.0 Å². The van der Waals surface area contributed by atoms with Gasteiger partial charge >= 0.3 is 0 Å². The monoisotopic (exact) mass is 314 g/mol. The number of nitrogens with one attached hydrogen (secondary N) is 1. The summed E-state index contributed by atoms with van der Waals surface area (Å²) in [7, 11) is -3.72. The Kier molecular flexibility index (Phi) is 4.68. The summed E-state index contributed by atoms with van der Waals surface area (Å²) in [5, 5.41) is 9.03. The Balaban J connectivity index is 2.25. The Morgan fingerprint density at radius 2 is 2.20 bits per heavy atom. The van der Waals surface area contributed by atoms with Gasteiger partial charge in [0, 0.05) is 11.3 Å². The van der Waals surface area contributed by atoms with Crippen LogP contribution in [0, 0.1) is 17.1 Å². The maximum atomic E-state index is 13.2. The van der Waals surface area contributed by atoms with Gasteiger partial charge in [0.2, 0.25) is 10.0 Å². The standard InChI is InChI=1S/C13H15FN2O2S2/c1-19-13-4-2-3-12(13)16-20(17,18)10-5-6-11(14)9(7-10)8-15/h5-7,12-13,16H,2-4H2,1H3. The number of benzene rings is 1. The number of nitrogens with zero attached hydrogens (tertiary/aromatic N) is 1. The second-order valence-corrected chi connectivity index (χ2v) is 7.48. The van der Waals surface area contributed by atoms with E-state index >= 15 is 0 Å². The van der Waals surface area contributed by atoms with E-state index in [-0.39, 0.29) is 21.8 Å². The van der Waals surface area contributed by atoms with Crippen LogP contribution in [0.3, 0.4) is 0 Å². The van der Waals surface area contributed by atoms with Gasteiger partial charge in [0.25, 0.3) is 0 Å². The van der Waals surface area contributed by atoms with Crippen LogP contribution in [0.2, 0.25) is 0 Å². The molecular weight excluding hydrogens is 299 g/mol. The molecule has 0 spiro atoms. The van der Waals surface area contributed by atoms with Gasteiger partial charge in [-0.25, -0.2) is 17.5 Å². The first-order valence-corrected chi connectivity index (χ1v) is 9.00. The Hall–Kier alpha value is -1.10. The molecule has 7 heteroatoms. The molecule has 0 radical (unpaired) electrons. The van der Waals surface area contributed by atoms with Crippen molar-refractivity contribution in [1.82, 2.24) is 4.72 Å². The summed E-state index contributed by atoms with van der Waals surface area (Å²) in [5.41, 5.74) is -0.263. The minimum Gasteiger partial charge on any atom is -0.207 e. The molecule has 20 heavy (non-hydrogen) atoms. The average Bonchev–Trinajstić information content (AvgIpc) is 2.85. The molecule has 1 N–H and O–H groups in total. The van der Waals surface area contributed by atoms with E-state index in [0.717, 1.165) is 31.4 Å². The fourth-order valence-electron chi connectivity index (χ4n) is 2.37. The van der Waals surface area contributed by atoms with Crippen molar-refractivity contribution in [2.75, 3.05) is 6.26 Å². The highest BCUT2D eigenvalue weighted by atomic mass is 32.2. The molecular formula is C13H15FN2O2S2. The summed E-state index contributed by atoms with van der Waals surface area (Å²) in [6.07, 6.45) is 4.74. The summed E-state index contributed by atoms with van der Waals surface area (Å²) in [6.45, 7) is 0. The molecule has 1 aromatic carbocycles. The van der Waals surface area contributed by atoms with E-state index in [1.807, 2.05) is 6.26 Å². The van der Waals surface area contributed by atoms with Crippen molar-refractivity contribution in [1.29, 1.82) is 5.26 Å². The van der Waals surface area contributed by atoms with Crippen LogP contribution < -0.4 is 4.72 Å². The normalized spacial score (nSPS) is 22.6. The zero-order chi connectivity index (χ0) is 14.8. The summed E-state index contributed by atoms with van der Waals surface area (Å²) < 4.78 is 40.5. The highest BCUT2D eigenvalue weighted by Crippen LogP contribution is 2.29. The van der Waals surface area contributed by atoms with Crippen LogP contribution in [0.25, 0.3) is 0 Å². The van der Waals surface area contributed by atoms with E-state index in [4.69, 9.17) is 5.26 Å². The molecule has 1 aliphatic carbocycles. The van der Waals surface area contributed by atoms with Crippen molar-refractivity contribution >= 4 is 21.8 Å². The van der Waals surface area contributed by atoms with Crippen LogP contribution in [0.4, 0.5) is 4.39 Å². The molecule has 1 fully saturated rings. The van der Waals surface area contributed by atoms with Gasteiger partial charge in [0.15, 0.2) is 0 Å². The highest BCUT2D eigenvalue weighted by Gasteiger charge is 2.30. The van der Waals surface area contributed by atoms with Gasteiger partial charge in [-0.3, -0.25) is 0 Å². The summed E-state index contributed by atoms with van der Waals surface area (Å²) in [4.78, 5) is -0.0674. The van der Waals surface area contributed by atoms with Gasteiger partial charge in [-0.05, 0) is 37.3 Å². The molecule has 0 amide bonds. The van der Waals surface area contributed by atoms with Gasteiger partial charge in [0.05, 0.1) is 10.5 Å². The molecule has 2 rings (SSSR count). The third kappa shape index (κ3) is 3.14. The number of thioether (sulfide) groups is 1. The molecule has 2 atom stereocenters. The minimum absolute atomic E-state index is 0.0674. The lowest BCUT2D eigenvalue weighted by Gasteiger charge is -2.19. The number of halogens is 1. The fraction of sp³-hybridized carbons (Fsp3) is 0.462. The van der Waals surface area contributed by atoms with Gasteiger partial charge < -0.3 is 0 Å². The molecule has 1 saturated carbocycles. The lowest BCUT2D eigenvalue weighted by Crippen LogP contribution is -2.38. The molecule has 0 aliphatic heterocycles. The molecule has 1 aliphatic rings. The summed E-state index contributed by atoms with van der Waals surface area (Å²) in [5.74, 6) is -0.714. The minimum atomic E-state index is -3.72. The number of rotatable bonds is 4. The summed E-state index contributed by atoms with van der Waals surface area (Å²) in [6, 6.07) is 4.80. The van der Waals surface area contributed by atoms with Crippen molar-refractivity contribution in [3.8, 4) is 6.07 Å². The van der Waals surface area contributed by atoms with Crippen molar-refractivity contribution in [3.05, 3.63) is 29.6 Å². The first-order chi connectivity index (χ1) is 9.47. The Morgan fingerprint density at radius 1 is 1.45 bits per heavy atom. The van der Waals surface area contributed by atoms with Crippen molar-refractivity contribution < 1.29 is 12.8 Å². The number of nitriles is 1. The lowest BCUT2D eigenvalue weighted by molar-refractivity contribution is 0.554. The van der Waals surface area contributed by atoms with Gasteiger partial charge in [-0.1, -0.05) is 6.42 Å². The SMILES string of the molecule is CSC1CCCC1NS(=O)(=O)c1ccc(F)c(C#N)c1. The molecule has 1 aromatic rings. The van der Waals surface area contributed by atoms with Gasteiger partial charge in [-0.2, -0.15) is 17.0 Å². The number of hydrogen-bond acceptors (Lipinski definition) is 4. The van der Waals surface area contributed by atoms with Crippen molar-refractivity contribution in [2.24, 2.45) is 0 Å². The van der Waals surface area contributed by atoms with E-state index in [9.17, 15) is 12.8 Å². The van der Waals surface area contributed by atoms with Crippen LogP contribution in [0.1, 0.15) is 24.8 Å². The molecule has 0 heterocycles. The zero-order valence-corrected chi connectivity index (χ0v) is 12.6. The number of sulfonamides is 1. The second-order valence-electron chi connectivity index (χ2n) is 4.69. The van der Waals surface area contributed by atoms with Crippen LogP contribution >= 0.6 is 11.8 Å². The van der Waals surface area contributed by atoms with E-state index < -0.39 is 15.8 Å². The fourth-order valence-corrected chi connectivity index (χ4v) is 4.73. The summed E-state index contributed by atoms with van der Waals surface area (Å²) >= 11 is 1.65. The first kappa shape index (κ1) is 15.3. The maximum absolute atomic E-state index is 13.2. The zero-order valence-electron chi connectivity index (χ0n) is 11.0. The molecule has 2 unspecified atom stereocenters. The van der Waals surface area contributed by atoms with Crippen molar-refractivity contribution in [3.63, 3.8) is 0 Å². The molecule has 0 saturated heterocycles. The van der Waals surface area contributed by atoms with Crippen molar-refractivity contribution in [2.45, 2.75) is 35.4 Å². The van der Waals surface area contributed by atoms with Gasteiger partial charge in [0.1, 0.15) is 11.9 Å². The number of hydrogen-bond donors (Lipinski definition) is 1. The van der Waals surface area contributed by atoms with E-state index in [1.165, 1.54) is 6.07 Å². The predicted molar refractivity (Wildman–Crippen MR) is 76.4 cm³/mol. The molecule has 0 aromatic heterocycles. The average molecular weight is 314 g/mol. The highest BCUT2D eigenvalue weighted by molar-refractivity contribution is 7.99. The molecule has 108 valence electrons. The van der Waals surface area contributed by atoms with Crippen LogP contribution in [0.15, 0.2) is 23.1 Å². The van der Waals surface area contributed by atoms with E-state index in [2.05, 4.69) is 4.72 Å². The second kappa shape index (κ2) is 6.12.